The van der Waals surface area contributed by atoms with Crippen molar-refractivity contribution >= 4 is 0 Å². The molecule has 2 nitrogen and oxygen atoms in total. The molecule has 80 valence electrons. The van der Waals surface area contributed by atoms with Gasteiger partial charge in [0.2, 0.25) is 0 Å². The first-order valence-electron chi connectivity index (χ1n) is 5.37. The van der Waals surface area contributed by atoms with Crippen LogP contribution >= 0.6 is 0 Å². The molecule has 0 aromatic heterocycles. The molecule has 1 atom stereocenters. The lowest BCUT2D eigenvalue weighted by Crippen LogP contribution is -2.27. The summed E-state index contributed by atoms with van der Waals surface area (Å²) in [6, 6.07) is 0.581. The molecule has 0 saturated carbocycles. The zero-order chi connectivity index (χ0) is 10.3. The fourth-order valence-electron chi connectivity index (χ4n) is 1.02. The quantitative estimate of drug-likeness (QED) is 0.661. The van der Waals surface area contributed by atoms with Crippen molar-refractivity contribution in [3.8, 4) is 0 Å². The van der Waals surface area contributed by atoms with E-state index in [2.05, 4.69) is 39.9 Å². The second-order valence-corrected chi connectivity index (χ2v) is 4.44. The van der Waals surface area contributed by atoms with Gasteiger partial charge in [-0.25, -0.2) is 0 Å². The summed E-state index contributed by atoms with van der Waals surface area (Å²) in [7, 11) is 0. The van der Waals surface area contributed by atoms with Gasteiger partial charge in [-0.15, -0.1) is 0 Å². The monoisotopic (exact) mass is 187 g/mol. The van der Waals surface area contributed by atoms with Crippen LogP contribution in [0.2, 0.25) is 0 Å². The van der Waals surface area contributed by atoms with Crippen molar-refractivity contribution in [2.45, 2.75) is 53.2 Å². The Labute approximate surface area is 83.1 Å². The molecule has 0 radical (unpaired) electrons. The molecular weight excluding hydrogens is 162 g/mol. The first-order chi connectivity index (χ1) is 6.02. The molecule has 0 bridgehead atoms. The van der Waals surface area contributed by atoms with Gasteiger partial charge in [0.15, 0.2) is 0 Å². The highest BCUT2D eigenvalue weighted by atomic mass is 16.5. The second kappa shape index (κ2) is 7.34. The van der Waals surface area contributed by atoms with Gasteiger partial charge in [-0.1, -0.05) is 27.7 Å². The van der Waals surface area contributed by atoms with Gasteiger partial charge in [-0.3, -0.25) is 0 Å². The Bertz CT molecular complexity index is 113. The summed E-state index contributed by atoms with van der Waals surface area (Å²) in [5, 5.41) is 3.38. The van der Waals surface area contributed by atoms with E-state index in [4.69, 9.17) is 4.74 Å². The Morgan fingerprint density at radius 3 is 2.15 bits per heavy atom. The van der Waals surface area contributed by atoms with Crippen LogP contribution in [0.15, 0.2) is 0 Å². The first-order valence-corrected chi connectivity index (χ1v) is 5.37. The lowest BCUT2D eigenvalue weighted by molar-refractivity contribution is 0.0424. The van der Waals surface area contributed by atoms with E-state index >= 15 is 0 Å². The van der Waals surface area contributed by atoms with E-state index in [1.54, 1.807) is 0 Å². The van der Waals surface area contributed by atoms with E-state index < -0.39 is 0 Å². The molecule has 0 rings (SSSR count). The lowest BCUT2D eigenvalue weighted by Gasteiger charge is -2.15. The van der Waals surface area contributed by atoms with E-state index in [1.165, 1.54) is 0 Å². The predicted octanol–water partition coefficient (Wildman–Crippen LogP) is 2.44. The van der Waals surface area contributed by atoms with Crippen LogP contribution in [-0.2, 0) is 4.74 Å². The Hall–Kier alpha value is -0.0800. The number of nitrogens with one attached hydrogen (secondary N) is 1. The maximum absolute atomic E-state index is 5.65. The average molecular weight is 187 g/mol. The molecule has 13 heavy (non-hydrogen) atoms. The summed E-state index contributed by atoms with van der Waals surface area (Å²) >= 11 is 0. The van der Waals surface area contributed by atoms with Gasteiger partial charge >= 0.3 is 0 Å². The summed E-state index contributed by atoms with van der Waals surface area (Å²) in [5.74, 6) is 0.639. The van der Waals surface area contributed by atoms with E-state index in [1.807, 2.05) is 0 Å². The van der Waals surface area contributed by atoms with Gasteiger partial charge in [0.05, 0.1) is 6.10 Å². The van der Waals surface area contributed by atoms with Crippen molar-refractivity contribution in [2.24, 2.45) is 5.92 Å². The molecule has 0 aliphatic rings. The number of rotatable bonds is 7. The number of hydrogen-bond donors (Lipinski definition) is 1. The van der Waals surface area contributed by atoms with Crippen LogP contribution in [0.4, 0.5) is 0 Å². The van der Waals surface area contributed by atoms with Crippen LogP contribution in [0.3, 0.4) is 0 Å². The molecule has 1 N–H and O–H groups in total. The normalized spacial score (nSPS) is 14.1. The van der Waals surface area contributed by atoms with Crippen LogP contribution in [0.5, 0.6) is 0 Å². The summed E-state index contributed by atoms with van der Waals surface area (Å²) in [5.41, 5.74) is 0. The van der Waals surface area contributed by atoms with E-state index in [0.717, 1.165) is 19.6 Å². The van der Waals surface area contributed by atoms with Gasteiger partial charge in [-0.05, 0) is 25.8 Å². The predicted molar refractivity (Wildman–Crippen MR) is 58.0 cm³/mol. The maximum atomic E-state index is 5.65. The molecule has 0 aromatic rings. The molecule has 0 aliphatic heterocycles. The average Bonchev–Trinajstić information content (AvgIpc) is 2.00. The summed E-state index contributed by atoms with van der Waals surface area (Å²) < 4.78 is 5.65. The Morgan fingerprint density at radius 1 is 1.08 bits per heavy atom. The van der Waals surface area contributed by atoms with Crippen molar-refractivity contribution in [3.05, 3.63) is 0 Å². The zero-order valence-electron chi connectivity index (χ0n) is 9.76. The van der Waals surface area contributed by atoms with Gasteiger partial charge in [0, 0.05) is 12.6 Å². The molecule has 0 aromatic carbocycles. The highest BCUT2D eigenvalue weighted by Crippen LogP contribution is 2.00. The van der Waals surface area contributed by atoms with Crippen LogP contribution < -0.4 is 5.32 Å². The minimum atomic E-state index is 0.383. The van der Waals surface area contributed by atoms with Crippen molar-refractivity contribution in [1.82, 2.24) is 5.32 Å². The van der Waals surface area contributed by atoms with Crippen LogP contribution in [0, 0.1) is 5.92 Å². The Morgan fingerprint density at radius 2 is 1.69 bits per heavy atom. The molecule has 0 saturated heterocycles. The van der Waals surface area contributed by atoms with Crippen LogP contribution in [-0.4, -0.2) is 25.3 Å². The molecule has 0 fully saturated rings. The van der Waals surface area contributed by atoms with E-state index in [-0.39, 0.29) is 0 Å². The Kier molecular flexibility index (Phi) is 7.29. The first kappa shape index (κ1) is 12.9. The minimum Gasteiger partial charge on any atom is -0.378 e. The highest BCUT2D eigenvalue weighted by Gasteiger charge is 2.03. The SMILES string of the molecule is CC(C)COC(C)CCNC(C)C. The summed E-state index contributed by atoms with van der Waals surface area (Å²) in [6.45, 7) is 12.8. The minimum absolute atomic E-state index is 0.383. The number of hydrogen-bond acceptors (Lipinski definition) is 2. The third-order valence-electron chi connectivity index (χ3n) is 1.82. The third-order valence-corrected chi connectivity index (χ3v) is 1.82. The maximum Gasteiger partial charge on any atom is 0.0559 e. The zero-order valence-corrected chi connectivity index (χ0v) is 9.76. The van der Waals surface area contributed by atoms with Gasteiger partial charge in [0.1, 0.15) is 0 Å². The molecule has 2 heteroatoms. The van der Waals surface area contributed by atoms with Gasteiger partial charge in [-0.2, -0.15) is 0 Å². The third kappa shape index (κ3) is 9.84. The smallest absolute Gasteiger partial charge is 0.0559 e. The van der Waals surface area contributed by atoms with Crippen molar-refractivity contribution in [1.29, 1.82) is 0 Å². The summed E-state index contributed by atoms with van der Waals surface area (Å²) in [4.78, 5) is 0. The van der Waals surface area contributed by atoms with E-state index in [0.29, 0.717) is 18.1 Å². The van der Waals surface area contributed by atoms with Gasteiger partial charge < -0.3 is 10.1 Å². The molecular formula is C11H25NO. The highest BCUT2D eigenvalue weighted by molar-refractivity contribution is 4.57. The number of ether oxygens (including phenoxy) is 1. The molecule has 0 aliphatic carbocycles. The molecule has 0 spiro atoms. The fourth-order valence-corrected chi connectivity index (χ4v) is 1.02. The largest absolute Gasteiger partial charge is 0.378 e. The fraction of sp³-hybridized carbons (Fsp3) is 1.00. The Balaban J connectivity index is 3.25. The van der Waals surface area contributed by atoms with E-state index in [9.17, 15) is 0 Å². The van der Waals surface area contributed by atoms with Crippen LogP contribution in [0.25, 0.3) is 0 Å². The topological polar surface area (TPSA) is 21.3 Å². The molecule has 1 unspecified atom stereocenters. The van der Waals surface area contributed by atoms with Crippen molar-refractivity contribution < 1.29 is 4.74 Å². The molecule has 0 heterocycles. The lowest BCUT2D eigenvalue weighted by atomic mass is 10.2. The summed E-state index contributed by atoms with van der Waals surface area (Å²) in [6.07, 6.45) is 1.49. The molecule has 0 amide bonds. The second-order valence-electron chi connectivity index (χ2n) is 4.44. The van der Waals surface area contributed by atoms with Crippen LogP contribution in [0.1, 0.15) is 41.0 Å². The standard InChI is InChI=1S/C11H25NO/c1-9(2)8-13-11(5)6-7-12-10(3)4/h9-12H,6-8H2,1-5H3. The van der Waals surface area contributed by atoms with Gasteiger partial charge in [0.25, 0.3) is 0 Å². The van der Waals surface area contributed by atoms with Crippen molar-refractivity contribution in [2.75, 3.05) is 13.2 Å². The van der Waals surface area contributed by atoms with Crippen molar-refractivity contribution in [3.63, 3.8) is 0 Å².